The lowest BCUT2D eigenvalue weighted by Crippen LogP contribution is -2.36. The van der Waals surface area contributed by atoms with Crippen molar-refractivity contribution >= 4 is 35.2 Å². The molecule has 4 rings (SSSR count). The first kappa shape index (κ1) is 20.0. The van der Waals surface area contributed by atoms with Crippen molar-refractivity contribution in [1.82, 2.24) is 14.7 Å². The van der Waals surface area contributed by atoms with E-state index in [0.717, 1.165) is 12.7 Å². The fourth-order valence-electron chi connectivity index (χ4n) is 3.83. The first-order chi connectivity index (χ1) is 14.5. The van der Waals surface area contributed by atoms with Gasteiger partial charge in [-0.3, -0.25) is 14.6 Å². The minimum atomic E-state index is -0.0229. The van der Waals surface area contributed by atoms with E-state index in [9.17, 15) is 9.59 Å². The number of nitrogens with zero attached hydrogens (tertiary/aromatic N) is 4. The number of hydrogen-bond donors (Lipinski definition) is 1. The van der Waals surface area contributed by atoms with Crippen LogP contribution < -0.4 is 5.32 Å². The van der Waals surface area contributed by atoms with Crippen molar-refractivity contribution in [2.75, 3.05) is 18.9 Å². The number of carbonyl (C=O) groups is 2. The molecule has 0 aliphatic carbocycles. The minimum Gasteiger partial charge on any atom is -0.334 e. The number of anilines is 1. The Kier molecular flexibility index (Phi) is 5.50. The molecule has 0 atom stereocenters. The monoisotopic (exact) mass is 421 g/mol. The second kappa shape index (κ2) is 8.23. The number of fused-ring (bicyclic) bond motifs is 1. The van der Waals surface area contributed by atoms with Gasteiger partial charge in [0, 0.05) is 20.1 Å². The van der Waals surface area contributed by atoms with Crippen LogP contribution in [0.25, 0.3) is 0 Å². The van der Waals surface area contributed by atoms with Crippen molar-refractivity contribution in [3.8, 4) is 0 Å². The van der Waals surface area contributed by atoms with Gasteiger partial charge >= 0.3 is 0 Å². The number of carbonyl (C=O) groups excluding carboxylic acids is 2. The summed E-state index contributed by atoms with van der Waals surface area (Å²) in [4.78, 5) is 31.3. The number of nitrogens with one attached hydrogen (secondary N) is 1. The Balaban J connectivity index is 1.62. The summed E-state index contributed by atoms with van der Waals surface area (Å²) in [5.74, 6) is 0.436. The molecule has 1 aliphatic heterocycles. The maximum atomic E-state index is 13.4. The van der Waals surface area contributed by atoms with E-state index in [1.54, 1.807) is 11.7 Å². The lowest BCUT2D eigenvalue weighted by atomic mass is 9.99. The predicted molar refractivity (Wildman–Crippen MR) is 119 cm³/mol. The first-order valence-electron chi connectivity index (χ1n) is 9.72. The molecule has 0 bridgehead atoms. The van der Waals surface area contributed by atoms with E-state index in [-0.39, 0.29) is 5.91 Å². The molecule has 2 aromatic heterocycles. The summed E-state index contributed by atoms with van der Waals surface area (Å²) in [5.41, 5.74) is 5.13. The largest absolute Gasteiger partial charge is 0.334 e. The highest BCUT2D eigenvalue weighted by Gasteiger charge is 2.27. The summed E-state index contributed by atoms with van der Waals surface area (Å²) in [6, 6.07) is 10.1. The van der Waals surface area contributed by atoms with Crippen molar-refractivity contribution in [3.05, 3.63) is 68.7 Å². The van der Waals surface area contributed by atoms with Crippen LogP contribution in [0.3, 0.4) is 0 Å². The molecule has 8 heteroatoms. The zero-order valence-electron chi connectivity index (χ0n) is 17.2. The zero-order chi connectivity index (χ0) is 21.3. The highest BCUT2D eigenvalue weighted by atomic mass is 32.1. The average molecular weight is 422 g/mol. The van der Waals surface area contributed by atoms with E-state index in [2.05, 4.69) is 27.5 Å². The molecule has 0 saturated carbocycles. The quantitative estimate of drug-likeness (QED) is 0.399. The van der Waals surface area contributed by atoms with Crippen LogP contribution in [0.4, 0.5) is 5.69 Å². The summed E-state index contributed by atoms with van der Waals surface area (Å²) < 4.78 is 1.63. The van der Waals surface area contributed by atoms with E-state index in [1.165, 1.54) is 22.5 Å². The Labute approximate surface area is 179 Å². The van der Waals surface area contributed by atoms with Gasteiger partial charge in [-0.15, -0.1) is 11.3 Å². The van der Waals surface area contributed by atoms with Crippen molar-refractivity contribution in [1.29, 1.82) is 0 Å². The number of aliphatic imine (C=N–C) groups is 1. The van der Waals surface area contributed by atoms with Gasteiger partial charge in [0.1, 0.15) is 0 Å². The van der Waals surface area contributed by atoms with Crippen LogP contribution in [0.15, 0.2) is 40.7 Å². The number of thiophene rings is 1. The van der Waals surface area contributed by atoms with Crippen molar-refractivity contribution in [2.24, 2.45) is 4.99 Å². The highest BCUT2D eigenvalue weighted by molar-refractivity contribution is 7.12. The minimum absolute atomic E-state index is 0.0229. The first-order valence-corrected chi connectivity index (χ1v) is 10.6. The van der Waals surface area contributed by atoms with Gasteiger partial charge in [0.2, 0.25) is 5.96 Å². The molecule has 0 spiro atoms. The van der Waals surface area contributed by atoms with Crippen LogP contribution in [-0.4, -0.2) is 46.4 Å². The molecule has 154 valence electrons. The third kappa shape index (κ3) is 3.54. The number of amides is 1. The third-order valence-corrected chi connectivity index (χ3v) is 6.23. The molecule has 7 nitrogen and oxygen atoms in total. The number of aldehydes is 1. The van der Waals surface area contributed by atoms with Gasteiger partial charge in [0.15, 0.2) is 6.29 Å². The van der Waals surface area contributed by atoms with Gasteiger partial charge < -0.3 is 10.2 Å². The lowest BCUT2D eigenvalue weighted by molar-refractivity contribution is 0.0733. The molecule has 1 aromatic carbocycles. The molecule has 3 heterocycles. The Morgan fingerprint density at radius 3 is 2.73 bits per heavy atom. The Hall–Kier alpha value is -3.26. The van der Waals surface area contributed by atoms with Crippen LogP contribution >= 0.6 is 11.3 Å². The number of aromatic nitrogens is 2. The van der Waals surface area contributed by atoms with E-state index >= 15 is 0 Å². The molecule has 3 aromatic rings. The van der Waals surface area contributed by atoms with Crippen molar-refractivity contribution in [2.45, 2.75) is 26.8 Å². The third-order valence-electron chi connectivity index (χ3n) is 5.38. The van der Waals surface area contributed by atoms with Crippen molar-refractivity contribution in [3.63, 3.8) is 0 Å². The van der Waals surface area contributed by atoms with E-state index in [0.29, 0.717) is 46.6 Å². The van der Waals surface area contributed by atoms with E-state index in [1.807, 2.05) is 42.3 Å². The van der Waals surface area contributed by atoms with Gasteiger partial charge in [-0.05, 0) is 42.8 Å². The van der Waals surface area contributed by atoms with Gasteiger partial charge in [-0.1, -0.05) is 24.3 Å². The average Bonchev–Trinajstić information content (AvgIpc) is 3.34. The Bertz CT molecular complexity index is 1140. The number of aryl methyl sites for hydroxylation is 1. The van der Waals surface area contributed by atoms with Crippen LogP contribution in [0.1, 0.15) is 42.5 Å². The summed E-state index contributed by atoms with van der Waals surface area (Å²) in [6.07, 6.45) is 1.66. The molecule has 0 saturated heterocycles. The molecular formula is C22H23N5O2S. The summed E-state index contributed by atoms with van der Waals surface area (Å²) in [6.45, 7) is 4.99. The lowest BCUT2D eigenvalue weighted by Gasteiger charge is -2.29. The SMILES string of the molecule is CN=C(Nc1ccsc1C=O)n1nc(C)c(C(=O)N2CCc3ccccc3C2)c1C. The number of hydrogen-bond acceptors (Lipinski definition) is 5. The Morgan fingerprint density at radius 2 is 2.00 bits per heavy atom. The van der Waals surface area contributed by atoms with Crippen LogP contribution in [-0.2, 0) is 13.0 Å². The fourth-order valence-corrected chi connectivity index (χ4v) is 4.48. The normalized spacial score (nSPS) is 13.8. The van der Waals surface area contributed by atoms with E-state index in [4.69, 9.17) is 0 Å². The second-order valence-electron chi connectivity index (χ2n) is 7.19. The molecule has 1 amide bonds. The summed E-state index contributed by atoms with van der Waals surface area (Å²) >= 11 is 1.35. The van der Waals surface area contributed by atoms with Crippen LogP contribution in [0.2, 0.25) is 0 Å². The fraction of sp³-hybridized carbons (Fsp3) is 0.273. The smallest absolute Gasteiger partial charge is 0.257 e. The summed E-state index contributed by atoms with van der Waals surface area (Å²) in [5, 5.41) is 9.57. The molecule has 0 radical (unpaired) electrons. The molecule has 1 aliphatic rings. The number of benzene rings is 1. The standard InChI is InChI=1S/C22H23N5O2S/c1-14-20(21(29)26-10-8-16-6-4-5-7-17(16)12-26)15(2)27(25-14)22(23-3)24-18-9-11-30-19(18)13-28/h4-7,9,11,13H,8,10,12H2,1-3H3,(H,23,24). The topological polar surface area (TPSA) is 79.6 Å². The van der Waals surface area contributed by atoms with Crippen LogP contribution in [0, 0.1) is 13.8 Å². The molecule has 30 heavy (non-hydrogen) atoms. The Morgan fingerprint density at radius 1 is 1.23 bits per heavy atom. The van der Waals surface area contributed by atoms with E-state index < -0.39 is 0 Å². The summed E-state index contributed by atoms with van der Waals surface area (Å²) in [7, 11) is 1.65. The van der Waals surface area contributed by atoms with Gasteiger partial charge in [0.25, 0.3) is 5.91 Å². The molecule has 0 fully saturated rings. The van der Waals surface area contributed by atoms with Gasteiger partial charge in [0.05, 0.1) is 27.5 Å². The molecular weight excluding hydrogens is 398 g/mol. The molecule has 1 N–H and O–H groups in total. The second-order valence-corrected chi connectivity index (χ2v) is 8.14. The van der Waals surface area contributed by atoms with Crippen LogP contribution in [0.5, 0.6) is 0 Å². The maximum absolute atomic E-state index is 13.4. The zero-order valence-corrected chi connectivity index (χ0v) is 18.0. The highest BCUT2D eigenvalue weighted by Crippen LogP contribution is 2.24. The van der Waals surface area contributed by atoms with Gasteiger partial charge in [-0.25, -0.2) is 4.68 Å². The molecule has 0 unspecified atom stereocenters. The predicted octanol–water partition coefficient (Wildman–Crippen LogP) is 3.52. The van der Waals surface area contributed by atoms with Crippen molar-refractivity contribution < 1.29 is 9.59 Å². The number of rotatable bonds is 3. The maximum Gasteiger partial charge on any atom is 0.257 e. The van der Waals surface area contributed by atoms with Gasteiger partial charge in [-0.2, -0.15) is 5.10 Å².